The molecule has 1 aliphatic heterocycles. The van der Waals surface area contributed by atoms with Crippen molar-refractivity contribution in [1.29, 1.82) is 0 Å². The number of hydrogen-bond donors (Lipinski definition) is 5. The smallest absolute Gasteiger partial charge is 0.326 e. The summed E-state index contributed by atoms with van der Waals surface area (Å²) in [5.74, 6) is -4.56. The first-order valence-corrected chi connectivity index (χ1v) is 11.7. The van der Waals surface area contributed by atoms with Gasteiger partial charge in [-0.15, -0.1) is 0 Å². The van der Waals surface area contributed by atoms with Gasteiger partial charge in [-0.1, -0.05) is 50.6 Å². The van der Waals surface area contributed by atoms with E-state index in [9.17, 15) is 29.1 Å². The molecule has 5 unspecified atom stereocenters. The maximum atomic E-state index is 13.1. The SMILES string of the molecule is CCC(C)C(NC(=O)C1CCCN1C(=O)C(N)CC(=O)O)C(=O)NC(Cc1ccccc1)C(=O)O. The Balaban J connectivity index is 2.12. The molecule has 2 rings (SSSR count). The van der Waals surface area contributed by atoms with E-state index >= 15 is 0 Å². The zero-order valence-electron chi connectivity index (χ0n) is 20.0. The molecule has 35 heavy (non-hydrogen) atoms. The highest BCUT2D eigenvalue weighted by atomic mass is 16.4. The molecular formula is C24H34N4O7. The molecule has 0 bridgehead atoms. The van der Waals surface area contributed by atoms with E-state index in [1.807, 2.05) is 6.92 Å². The molecule has 6 N–H and O–H groups in total. The average molecular weight is 491 g/mol. The number of aliphatic carboxylic acids is 2. The lowest BCUT2D eigenvalue weighted by atomic mass is 9.96. The van der Waals surface area contributed by atoms with Gasteiger partial charge in [-0.05, 0) is 24.3 Å². The maximum Gasteiger partial charge on any atom is 0.326 e. The topological polar surface area (TPSA) is 179 Å². The van der Waals surface area contributed by atoms with Gasteiger partial charge in [0.1, 0.15) is 18.1 Å². The van der Waals surface area contributed by atoms with Crippen LogP contribution in [-0.2, 0) is 30.4 Å². The number of likely N-dealkylation sites (tertiary alicyclic amines) is 1. The minimum atomic E-state index is -1.27. The number of hydrogen-bond acceptors (Lipinski definition) is 6. The summed E-state index contributed by atoms with van der Waals surface area (Å²) in [4.78, 5) is 62.7. The first-order valence-electron chi connectivity index (χ1n) is 11.7. The molecular weight excluding hydrogens is 456 g/mol. The highest BCUT2D eigenvalue weighted by molar-refractivity contribution is 5.95. The fourth-order valence-electron chi connectivity index (χ4n) is 4.05. The molecule has 0 aromatic heterocycles. The Bertz CT molecular complexity index is 924. The number of carbonyl (C=O) groups excluding carboxylic acids is 3. The van der Waals surface area contributed by atoms with Crippen LogP contribution in [0.4, 0.5) is 0 Å². The summed E-state index contributed by atoms with van der Waals surface area (Å²) in [7, 11) is 0. The van der Waals surface area contributed by atoms with E-state index in [0.29, 0.717) is 19.3 Å². The van der Waals surface area contributed by atoms with E-state index in [0.717, 1.165) is 5.56 Å². The van der Waals surface area contributed by atoms with Gasteiger partial charge in [0.05, 0.1) is 12.5 Å². The van der Waals surface area contributed by atoms with Crippen LogP contribution in [0.1, 0.15) is 45.1 Å². The van der Waals surface area contributed by atoms with Crippen LogP contribution >= 0.6 is 0 Å². The monoisotopic (exact) mass is 490 g/mol. The Morgan fingerprint density at radius 1 is 1.11 bits per heavy atom. The number of amides is 3. The number of nitrogens with zero attached hydrogens (tertiary/aromatic N) is 1. The largest absolute Gasteiger partial charge is 0.481 e. The van der Waals surface area contributed by atoms with E-state index in [4.69, 9.17) is 10.8 Å². The predicted octanol–water partition coefficient (Wildman–Crippen LogP) is 0.122. The summed E-state index contributed by atoms with van der Waals surface area (Å²) in [6.45, 7) is 3.85. The highest BCUT2D eigenvalue weighted by Crippen LogP contribution is 2.20. The summed E-state index contributed by atoms with van der Waals surface area (Å²) >= 11 is 0. The Morgan fingerprint density at radius 2 is 1.77 bits per heavy atom. The van der Waals surface area contributed by atoms with E-state index < -0.39 is 60.2 Å². The minimum Gasteiger partial charge on any atom is -0.481 e. The van der Waals surface area contributed by atoms with Gasteiger partial charge in [-0.3, -0.25) is 19.2 Å². The van der Waals surface area contributed by atoms with Gasteiger partial charge in [0, 0.05) is 13.0 Å². The van der Waals surface area contributed by atoms with Crippen molar-refractivity contribution in [2.45, 2.75) is 70.1 Å². The summed E-state index contributed by atoms with van der Waals surface area (Å²) in [5.41, 5.74) is 6.44. The molecule has 1 aliphatic rings. The van der Waals surface area contributed by atoms with Crippen molar-refractivity contribution in [1.82, 2.24) is 15.5 Å². The van der Waals surface area contributed by atoms with Crippen LogP contribution in [0.15, 0.2) is 30.3 Å². The number of rotatable bonds is 12. The number of carboxylic acids is 2. The summed E-state index contributed by atoms with van der Waals surface area (Å²) in [5, 5.41) is 23.8. The van der Waals surface area contributed by atoms with Gasteiger partial charge in [-0.25, -0.2) is 4.79 Å². The van der Waals surface area contributed by atoms with Crippen LogP contribution < -0.4 is 16.4 Å². The van der Waals surface area contributed by atoms with Gasteiger partial charge >= 0.3 is 11.9 Å². The van der Waals surface area contributed by atoms with Crippen molar-refractivity contribution in [3.8, 4) is 0 Å². The van der Waals surface area contributed by atoms with Gasteiger partial charge in [0.2, 0.25) is 17.7 Å². The fourth-order valence-corrected chi connectivity index (χ4v) is 4.05. The van der Waals surface area contributed by atoms with E-state index in [-0.39, 0.29) is 18.9 Å². The third-order valence-corrected chi connectivity index (χ3v) is 6.24. The van der Waals surface area contributed by atoms with Crippen molar-refractivity contribution in [2.75, 3.05) is 6.54 Å². The van der Waals surface area contributed by atoms with Gasteiger partial charge < -0.3 is 31.5 Å². The molecule has 1 saturated heterocycles. The van der Waals surface area contributed by atoms with Crippen LogP contribution in [-0.4, -0.2) is 75.5 Å². The highest BCUT2D eigenvalue weighted by Gasteiger charge is 2.39. The van der Waals surface area contributed by atoms with Crippen LogP contribution in [0.2, 0.25) is 0 Å². The van der Waals surface area contributed by atoms with Crippen LogP contribution in [0, 0.1) is 5.92 Å². The zero-order valence-corrected chi connectivity index (χ0v) is 20.0. The number of carbonyl (C=O) groups is 5. The van der Waals surface area contributed by atoms with Crippen LogP contribution in [0.25, 0.3) is 0 Å². The van der Waals surface area contributed by atoms with Crippen molar-refractivity contribution < 1.29 is 34.2 Å². The molecule has 11 heteroatoms. The molecule has 1 aromatic rings. The lowest BCUT2D eigenvalue weighted by Crippen LogP contribution is -2.58. The number of nitrogens with two attached hydrogens (primary N) is 1. The molecule has 0 aliphatic carbocycles. The third kappa shape index (κ3) is 7.78. The van der Waals surface area contributed by atoms with Crippen molar-refractivity contribution in [3.63, 3.8) is 0 Å². The standard InChI is InChI=1S/C24H34N4O7/c1-3-14(2)20(22(32)26-17(24(34)35)12-15-8-5-4-6-9-15)27-21(31)18-10-7-11-28(18)23(33)16(25)13-19(29)30/h4-6,8-9,14,16-18,20H,3,7,10-13,25H2,1-2H3,(H,26,32)(H,27,31)(H,29,30)(H,34,35). The normalized spacial score (nSPS) is 18.7. The van der Waals surface area contributed by atoms with E-state index in [1.165, 1.54) is 4.90 Å². The maximum absolute atomic E-state index is 13.1. The van der Waals surface area contributed by atoms with Gasteiger partial charge in [0.25, 0.3) is 0 Å². The molecule has 0 saturated carbocycles. The molecule has 5 atom stereocenters. The molecule has 1 aromatic carbocycles. The molecule has 1 heterocycles. The number of nitrogens with one attached hydrogen (secondary N) is 2. The second-order valence-electron chi connectivity index (χ2n) is 8.85. The molecule has 0 spiro atoms. The van der Waals surface area contributed by atoms with E-state index in [2.05, 4.69) is 10.6 Å². The Labute approximate surface area is 204 Å². The summed E-state index contributed by atoms with van der Waals surface area (Å²) in [6.07, 6.45) is 0.931. The second kappa shape index (κ2) is 12.8. The predicted molar refractivity (Wildman–Crippen MR) is 126 cm³/mol. The Hall–Kier alpha value is -3.47. The summed E-state index contributed by atoms with van der Waals surface area (Å²) in [6, 6.07) is 4.50. The van der Waals surface area contributed by atoms with Gasteiger partial charge in [0.15, 0.2) is 0 Å². The Morgan fingerprint density at radius 3 is 2.34 bits per heavy atom. The molecule has 11 nitrogen and oxygen atoms in total. The molecule has 0 radical (unpaired) electrons. The summed E-state index contributed by atoms with van der Waals surface area (Å²) < 4.78 is 0. The minimum absolute atomic E-state index is 0.0788. The van der Waals surface area contributed by atoms with Crippen molar-refractivity contribution in [3.05, 3.63) is 35.9 Å². The number of carboxylic acid groups (broad SMARTS) is 2. The van der Waals surface area contributed by atoms with Gasteiger partial charge in [-0.2, -0.15) is 0 Å². The van der Waals surface area contributed by atoms with Crippen molar-refractivity contribution >= 4 is 29.7 Å². The van der Waals surface area contributed by atoms with Crippen LogP contribution in [0.3, 0.4) is 0 Å². The fraction of sp³-hybridized carbons (Fsp3) is 0.542. The molecule has 1 fully saturated rings. The molecule has 192 valence electrons. The Kier molecular flexibility index (Phi) is 10.2. The first-order chi connectivity index (χ1) is 16.5. The number of benzene rings is 1. The first kappa shape index (κ1) is 27.8. The lowest BCUT2D eigenvalue weighted by Gasteiger charge is -2.30. The third-order valence-electron chi connectivity index (χ3n) is 6.24. The zero-order chi connectivity index (χ0) is 26.1. The van der Waals surface area contributed by atoms with Crippen LogP contribution in [0.5, 0.6) is 0 Å². The lowest BCUT2D eigenvalue weighted by molar-refractivity contribution is -0.144. The van der Waals surface area contributed by atoms with E-state index in [1.54, 1.807) is 37.3 Å². The quantitative estimate of drug-likeness (QED) is 0.274. The molecule has 3 amide bonds. The van der Waals surface area contributed by atoms with Crippen molar-refractivity contribution in [2.24, 2.45) is 11.7 Å². The second-order valence-corrected chi connectivity index (χ2v) is 8.85. The average Bonchev–Trinajstić information content (AvgIpc) is 3.31.